The van der Waals surface area contributed by atoms with E-state index in [0.29, 0.717) is 18.9 Å². The number of carbonyl (C=O) groups excluding carboxylic acids is 1. The molecule has 1 fully saturated rings. The summed E-state index contributed by atoms with van der Waals surface area (Å²) in [5, 5.41) is 3.02. The van der Waals surface area contributed by atoms with E-state index in [9.17, 15) is 4.79 Å². The molecule has 1 aromatic carbocycles. The molecule has 5 heteroatoms. The Balaban J connectivity index is 1.67. The van der Waals surface area contributed by atoms with E-state index in [4.69, 9.17) is 9.47 Å². The minimum Gasteiger partial charge on any atom is -0.497 e. The Morgan fingerprint density at radius 3 is 2.64 bits per heavy atom. The summed E-state index contributed by atoms with van der Waals surface area (Å²) in [5.74, 6) is 1.32. The average Bonchev–Trinajstić information content (AvgIpc) is 2.55. The highest BCUT2D eigenvalue weighted by Gasteiger charge is 2.14. The van der Waals surface area contributed by atoms with Gasteiger partial charge in [-0.1, -0.05) is 19.1 Å². The zero-order valence-electron chi connectivity index (χ0n) is 13.5. The number of hydrogen-bond donors (Lipinski definition) is 1. The van der Waals surface area contributed by atoms with Crippen LogP contribution in [-0.4, -0.2) is 57.3 Å². The quantitative estimate of drug-likeness (QED) is 0.825. The van der Waals surface area contributed by atoms with Gasteiger partial charge >= 0.3 is 0 Å². The molecule has 5 nitrogen and oxygen atoms in total. The summed E-state index contributed by atoms with van der Waals surface area (Å²) < 4.78 is 10.5. The van der Waals surface area contributed by atoms with Gasteiger partial charge in [0.2, 0.25) is 5.91 Å². The molecule has 22 heavy (non-hydrogen) atoms. The first-order valence-electron chi connectivity index (χ1n) is 7.87. The molecule has 1 unspecified atom stereocenters. The predicted molar refractivity (Wildman–Crippen MR) is 86.1 cm³/mol. The third-order valence-electron chi connectivity index (χ3n) is 3.85. The summed E-state index contributed by atoms with van der Waals surface area (Å²) in [6, 6.07) is 7.61. The number of morpholine rings is 1. The van der Waals surface area contributed by atoms with E-state index < -0.39 is 0 Å². The van der Waals surface area contributed by atoms with Crippen molar-refractivity contribution in [2.75, 3.05) is 46.5 Å². The third-order valence-corrected chi connectivity index (χ3v) is 3.85. The number of ether oxygens (including phenoxy) is 2. The number of benzene rings is 1. The molecule has 1 aromatic rings. The van der Waals surface area contributed by atoms with E-state index in [0.717, 1.165) is 44.2 Å². The summed E-state index contributed by atoms with van der Waals surface area (Å²) in [6.07, 6.45) is 0.411. The van der Waals surface area contributed by atoms with Gasteiger partial charge in [0.05, 0.1) is 26.7 Å². The van der Waals surface area contributed by atoms with Gasteiger partial charge in [-0.15, -0.1) is 0 Å². The number of methoxy groups -OCH3 is 1. The Hall–Kier alpha value is -1.59. The molecule has 0 saturated carbocycles. The standard InChI is InChI=1S/C17H26N2O3/c1-14(13-19-7-9-22-10-8-19)12-18-17(20)11-15-3-5-16(21-2)6-4-15/h3-6,14H,7-13H2,1-2H3,(H,18,20). The van der Waals surface area contributed by atoms with Crippen LogP contribution in [0.25, 0.3) is 0 Å². The molecule has 2 rings (SSSR count). The summed E-state index contributed by atoms with van der Waals surface area (Å²) in [5.41, 5.74) is 0.999. The monoisotopic (exact) mass is 306 g/mol. The van der Waals surface area contributed by atoms with Gasteiger partial charge in [-0.3, -0.25) is 9.69 Å². The number of rotatable bonds is 7. The lowest BCUT2D eigenvalue weighted by Gasteiger charge is -2.29. The minimum atomic E-state index is 0.0685. The van der Waals surface area contributed by atoms with Crippen LogP contribution in [0.4, 0.5) is 0 Å². The molecule has 1 amide bonds. The lowest BCUT2D eigenvalue weighted by Crippen LogP contribution is -2.41. The van der Waals surface area contributed by atoms with Crippen LogP contribution < -0.4 is 10.1 Å². The van der Waals surface area contributed by atoms with Crippen molar-refractivity contribution in [2.45, 2.75) is 13.3 Å². The highest BCUT2D eigenvalue weighted by Crippen LogP contribution is 2.11. The second-order valence-electron chi connectivity index (χ2n) is 5.85. The molecule has 1 heterocycles. The van der Waals surface area contributed by atoms with E-state index in [1.54, 1.807) is 7.11 Å². The van der Waals surface area contributed by atoms with E-state index in [2.05, 4.69) is 17.1 Å². The maximum Gasteiger partial charge on any atom is 0.224 e. The van der Waals surface area contributed by atoms with Crippen molar-refractivity contribution in [3.63, 3.8) is 0 Å². The van der Waals surface area contributed by atoms with Crippen molar-refractivity contribution < 1.29 is 14.3 Å². The summed E-state index contributed by atoms with van der Waals surface area (Å²) in [7, 11) is 1.64. The summed E-state index contributed by atoms with van der Waals surface area (Å²) in [6.45, 7) is 7.50. The van der Waals surface area contributed by atoms with E-state index in [1.807, 2.05) is 24.3 Å². The largest absolute Gasteiger partial charge is 0.497 e. The molecular weight excluding hydrogens is 280 g/mol. The lowest BCUT2D eigenvalue weighted by atomic mass is 10.1. The first kappa shape index (κ1) is 16.8. The topological polar surface area (TPSA) is 50.8 Å². The zero-order valence-corrected chi connectivity index (χ0v) is 13.5. The predicted octanol–water partition coefficient (Wildman–Crippen LogP) is 1.32. The molecule has 1 aliphatic heterocycles. The van der Waals surface area contributed by atoms with E-state index in [1.165, 1.54) is 0 Å². The van der Waals surface area contributed by atoms with Gasteiger partial charge in [0.15, 0.2) is 0 Å². The second-order valence-corrected chi connectivity index (χ2v) is 5.85. The van der Waals surface area contributed by atoms with Crippen molar-refractivity contribution in [1.29, 1.82) is 0 Å². The number of carbonyl (C=O) groups is 1. The number of nitrogens with one attached hydrogen (secondary N) is 1. The van der Waals surface area contributed by atoms with Crippen molar-refractivity contribution in [1.82, 2.24) is 10.2 Å². The highest BCUT2D eigenvalue weighted by atomic mass is 16.5. The van der Waals surface area contributed by atoms with E-state index in [-0.39, 0.29) is 5.91 Å². The Bertz CT molecular complexity index is 455. The molecule has 1 saturated heterocycles. The smallest absolute Gasteiger partial charge is 0.224 e. The van der Waals surface area contributed by atoms with Gasteiger partial charge in [0.1, 0.15) is 5.75 Å². The van der Waals surface area contributed by atoms with Gasteiger partial charge in [-0.25, -0.2) is 0 Å². The maximum absolute atomic E-state index is 12.0. The molecular formula is C17H26N2O3. The average molecular weight is 306 g/mol. The number of hydrogen-bond acceptors (Lipinski definition) is 4. The molecule has 122 valence electrons. The fourth-order valence-electron chi connectivity index (χ4n) is 2.57. The molecule has 1 N–H and O–H groups in total. The fourth-order valence-corrected chi connectivity index (χ4v) is 2.57. The normalized spacial score (nSPS) is 17.0. The number of amides is 1. The Morgan fingerprint density at radius 1 is 1.32 bits per heavy atom. The maximum atomic E-state index is 12.0. The van der Waals surface area contributed by atoms with Crippen molar-refractivity contribution >= 4 is 5.91 Å². The molecule has 1 atom stereocenters. The van der Waals surface area contributed by atoms with E-state index >= 15 is 0 Å². The van der Waals surface area contributed by atoms with Gasteiger partial charge in [-0.05, 0) is 23.6 Å². The lowest BCUT2D eigenvalue weighted by molar-refractivity contribution is -0.120. The van der Waals surface area contributed by atoms with Crippen LogP contribution in [-0.2, 0) is 16.0 Å². The van der Waals surface area contributed by atoms with Crippen LogP contribution in [0.1, 0.15) is 12.5 Å². The molecule has 0 spiro atoms. The van der Waals surface area contributed by atoms with Crippen molar-refractivity contribution in [2.24, 2.45) is 5.92 Å². The van der Waals surface area contributed by atoms with Gasteiger partial charge in [0, 0.05) is 26.2 Å². The fraction of sp³-hybridized carbons (Fsp3) is 0.588. The van der Waals surface area contributed by atoms with Crippen LogP contribution >= 0.6 is 0 Å². The van der Waals surface area contributed by atoms with Crippen LogP contribution in [0.2, 0.25) is 0 Å². The van der Waals surface area contributed by atoms with Gasteiger partial charge in [0.25, 0.3) is 0 Å². The molecule has 0 aromatic heterocycles. The second kappa shape index (κ2) is 8.76. The highest BCUT2D eigenvalue weighted by molar-refractivity contribution is 5.78. The molecule has 0 aliphatic carbocycles. The molecule has 0 bridgehead atoms. The Morgan fingerprint density at radius 2 is 2.00 bits per heavy atom. The number of nitrogens with zero attached hydrogens (tertiary/aromatic N) is 1. The Kier molecular flexibility index (Phi) is 6.68. The SMILES string of the molecule is COc1ccc(CC(=O)NCC(C)CN2CCOCC2)cc1. The summed E-state index contributed by atoms with van der Waals surface area (Å²) in [4.78, 5) is 14.4. The van der Waals surface area contributed by atoms with Crippen LogP contribution in [0.5, 0.6) is 5.75 Å². The van der Waals surface area contributed by atoms with Gasteiger partial charge < -0.3 is 14.8 Å². The zero-order chi connectivity index (χ0) is 15.8. The Labute approximate surface area is 132 Å². The van der Waals surface area contributed by atoms with Crippen LogP contribution in [0.3, 0.4) is 0 Å². The first-order chi connectivity index (χ1) is 10.7. The first-order valence-corrected chi connectivity index (χ1v) is 7.87. The third kappa shape index (κ3) is 5.66. The van der Waals surface area contributed by atoms with Crippen LogP contribution in [0.15, 0.2) is 24.3 Å². The molecule has 0 radical (unpaired) electrons. The molecule has 1 aliphatic rings. The van der Waals surface area contributed by atoms with Crippen molar-refractivity contribution in [3.8, 4) is 5.75 Å². The van der Waals surface area contributed by atoms with Crippen LogP contribution in [0, 0.1) is 5.92 Å². The minimum absolute atomic E-state index is 0.0685. The van der Waals surface area contributed by atoms with Crippen molar-refractivity contribution in [3.05, 3.63) is 29.8 Å². The van der Waals surface area contributed by atoms with Gasteiger partial charge in [-0.2, -0.15) is 0 Å². The summed E-state index contributed by atoms with van der Waals surface area (Å²) >= 11 is 0.